The smallest absolute Gasteiger partial charge is 0.234 e. The van der Waals surface area contributed by atoms with Gasteiger partial charge in [-0.1, -0.05) is 46.6 Å². The Labute approximate surface area is 192 Å². The first-order valence-electron chi connectivity index (χ1n) is 8.62. The van der Waals surface area contributed by atoms with Crippen LogP contribution in [0.3, 0.4) is 0 Å². The van der Waals surface area contributed by atoms with Crippen LogP contribution in [0.25, 0.3) is 0 Å². The minimum Gasteiger partial charge on any atom is -0.326 e. The fourth-order valence-electron chi connectivity index (χ4n) is 2.46. The van der Waals surface area contributed by atoms with Crippen LogP contribution >= 0.6 is 46.6 Å². The zero-order valence-electron chi connectivity index (χ0n) is 15.7. The van der Waals surface area contributed by atoms with E-state index in [-0.39, 0.29) is 24.0 Å². The highest BCUT2D eigenvalue weighted by Gasteiger charge is 2.15. The van der Waals surface area contributed by atoms with Crippen molar-refractivity contribution in [2.24, 2.45) is 7.05 Å². The summed E-state index contributed by atoms with van der Waals surface area (Å²) in [5.74, 6) is 0.0990. The monoisotopic (exact) mass is 483 g/mol. The quantitative estimate of drug-likeness (QED) is 0.475. The normalized spacial score (nSPS) is 10.7. The van der Waals surface area contributed by atoms with E-state index in [9.17, 15) is 9.59 Å². The molecule has 2 amide bonds. The predicted molar refractivity (Wildman–Crippen MR) is 121 cm³/mol. The Morgan fingerprint density at radius 1 is 0.900 bits per heavy atom. The maximum atomic E-state index is 12.2. The van der Waals surface area contributed by atoms with Crippen molar-refractivity contribution in [2.45, 2.75) is 11.6 Å². The molecule has 2 aromatic carbocycles. The number of hydrogen-bond donors (Lipinski definition) is 2. The van der Waals surface area contributed by atoms with Gasteiger partial charge < -0.3 is 15.2 Å². The third kappa shape index (κ3) is 6.37. The molecule has 0 saturated carbocycles. The van der Waals surface area contributed by atoms with E-state index in [4.69, 9.17) is 34.8 Å². The topological polar surface area (TPSA) is 88.9 Å². The summed E-state index contributed by atoms with van der Waals surface area (Å²) in [6, 6.07) is 11.6. The SMILES string of the molecule is Cn1c(CC(=O)Nc2ccc(Cl)cc2)nnc1SCC(=O)Nc1cc(Cl)cc(Cl)c1. The standard InChI is InChI=1S/C19H16Cl3N5O2S/c1-27-16(9-17(28)23-14-4-2-11(20)3-5-14)25-26-19(27)30-10-18(29)24-15-7-12(21)6-13(22)8-15/h2-8H,9-10H2,1H3,(H,23,28)(H,24,29). The lowest BCUT2D eigenvalue weighted by molar-refractivity contribution is -0.116. The van der Waals surface area contributed by atoms with Crippen molar-refractivity contribution in [3.8, 4) is 0 Å². The van der Waals surface area contributed by atoms with Gasteiger partial charge in [0.25, 0.3) is 0 Å². The summed E-state index contributed by atoms with van der Waals surface area (Å²) in [6.45, 7) is 0. The second-order valence-electron chi connectivity index (χ2n) is 6.18. The van der Waals surface area contributed by atoms with Crippen LogP contribution in [-0.2, 0) is 23.1 Å². The van der Waals surface area contributed by atoms with Crippen LogP contribution in [0.1, 0.15) is 5.82 Å². The van der Waals surface area contributed by atoms with Crippen molar-refractivity contribution in [2.75, 3.05) is 16.4 Å². The van der Waals surface area contributed by atoms with Crippen LogP contribution in [0.15, 0.2) is 47.6 Å². The van der Waals surface area contributed by atoms with E-state index >= 15 is 0 Å². The molecular weight excluding hydrogens is 469 g/mol. The number of carbonyl (C=O) groups excluding carboxylic acids is 2. The molecule has 3 rings (SSSR count). The van der Waals surface area contributed by atoms with Crippen molar-refractivity contribution >= 4 is 69.8 Å². The highest BCUT2D eigenvalue weighted by molar-refractivity contribution is 7.99. The van der Waals surface area contributed by atoms with E-state index in [1.54, 1.807) is 54.1 Å². The van der Waals surface area contributed by atoms with E-state index in [2.05, 4.69) is 20.8 Å². The molecule has 0 spiro atoms. The summed E-state index contributed by atoms with van der Waals surface area (Å²) in [7, 11) is 1.74. The summed E-state index contributed by atoms with van der Waals surface area (Å²) in [5, 5.41) is 15.6. The molecule has 7 nitrogen and oxygen atoms in total. The maximum absolute atomic E-state index is 12.2. The van der Waals surface area contributed by atoms with Crippen LogP contribution in [-0.4, -0.2) is 32.3 Å². The van der Waals surface area contributed by atoms with Gasteiger partial charge in [-0.15, -0.1) is 10.2 Å². The Morgan fingerprint density at radius 3 is 2.20 bits per heavy atom. The molecule has 1 heterocycles. The van der Waals surface area contributed by atoms with Gasteiger partial charge in [0.2, 0.25) is 11.8 Å². The number of hydrogen-bond acceptors (Lipinski definition) is 5. The molecule has 0 aliphatic rings. The molecule has 156 valence electrons. The third-order valence-electron chi connectivity index (χ3n) is 3.85. The molecule has 0 unspecified atom stereocenters. The molecule has 30 heavy (non-hydrogen) atoms. The highest BCUT2D eigenvalue weighted by Crippen LogP contribution is 2.23. The second-order valence-corrected chi connectivity index (χ2v) is 8.44. The number of carbonyl (C=O) groups is 2. The van der Waals surface area contributed by atoms with Gasteiger partial charge in [-0.2, -0.15) is 0 Å². The minimum absolute atomic E-state index is 0.0416. The van der Waals surface area contributed by atoms with E-state index in [0.717, 1.165) is 0 Å². The Kier molecular flexibility index (Phi) is 7.60. The first-order valence-corrected chi connectivity index (χ1v) is 10.7. The molecule has 2 N–H and O–H groups in total. The summed E-state index contributed by atoms with van der Waals surface area (Å²) >= 11 is 18.9. The highest BCUT2D eigenvalue weighted by atomic mass is 35.5. The van der Waals surface area contributed by atoms with Gasteiger partial charge in [0, 0.05) is 33.5 Å². The molecule has 1 aromatic heterocycles. The van der Waals surface area contributed by atoms with Crippen molar-refractivity contribution in [1.29, 1.82) is 0 Å². The predicted octanol–water partition coefficient (Wildman–Crippen LogP) is 4.69. The number of rotatable bonds is 7. The van der Waals surface area contributed by atoms with Gasteiger partial charge in [0.05, 0.1) is 12.2 Å². The van der Waals surface area contributed by atoms with Crippen LogP contribution in [0.4, 0.5) is 11.4 Å². The van der Waals surface area contributed by atoms with E-state index in [1.165, 1.54) is 11.8 Å². The molecule has 11 heteroatoms. The van der Waals surface area contributed by atoms with Gasteiger partial charge >= 0.3 is 0 Å². The van der Waals surface area contributed by atoms with Crippen LogP contribution < -0.4 is 10.6 Å². The Hall–Kier alpha value is -2.26. The molecule has 0 aliphatic heterocycles. The van der Waals surface area contributed by atoms with Gasteiger partial charge in [-0.05, 0) is 42.5 Å². The lowest BCUT2D eigenvalue weighted by Gasteiger charge is -2.07. The molecule has 0 aliphatic carbocycles. The average molecular weight is 485 g/mol. The third-order valence-corrected chi connectivity index (χ3v) is 5.56. The number of benzene rings is 2. The average Bonchev–Trinajstić information content (AvgIpc) is 3.01. The molecule has 3 aromatic rings. The van der Waals surface area contributed by atoms with Gasteiger partial charge in [0.15, 0.2) is 5.16 Å². The van der Waals surface area contributed by atoms with E-state index in [1.807, 2.05) is 0 Å². The largest absolute Gasteiger partial charge is 0.326 e. The van der Waals surface area contributed by atoms with Crippen LogP contribution in [0, 0.1) is 0 Å². The van der Waals surface area contributed by atoms with Gasteiger partial charge in [-0.3, -0.25) is 9.59 Å². The fraction of sp³-hybridized carbons (Fsp3) is 0.158. The van der Waals surface area contributed by atoms with Crippen LogP contribution in [0.5, 0.6) is 0 Å². The van der Waals surface area contributed by atoms with Gasteiger partial charge in [0.1, 0.15) is 5.82 Å². The zero-order chi connectivity index (χ0) is 21.7. The maximum Gasteiger partial charge on any atom is 0.234 e. The number of nitrogens with one attached hydrogen (secondary N) is 2. The van der Waals surface area contributed by atoms with Crippen molar-refractivity contribution < 1.29 is 9.59 Å². The fourth-order valence-corrected chi connectivity index (χ4v) is 3.84. The lowest BCUT2D eigenvalue weighted by atomic mass is 10.3. The Bertz CT molecular complexity index is 1050. The van der Waals surface area contributed by atoms with Crippen molar-refractivity contribution in [1.82, 2.24) is 14.8 Å². The van der Waals surface area contributed by atoms with E-state index < -0.39 is 0 Å². The van der Waals surface area contributed by atoms with E-state index in [0.29, 0.717) is 37.4 Å². The molecule has 0 fully saturated rings. The lowest BCUT2D eigenvalue weighted by Crippen LogP contribution is -2.17. The molecule has 0 saturated heterocycles. The summed E-state index contributed by atoms with van der Waals surface area (Å²) in [6.07, 6.45) is 0.0416. The minimum atomic E-state index is -0.247. The molecule has 0 bridgehead atoms. The zero-order valence-corrected chi connectivity index (χ0v) is 18.7. The molecule has 0 atom stereocenters. The number of aromatic nitrogens is 3. The van der Waals surface area contributed by atoms with Crippen molar-refractivity contribution in [3.05, 3.63) is 63.4 Å². The number of nitrogens with zero attached hydrogens (tertiary/aromatic N) is 3. The Morgan fingerprint density at radius 2 is 1.53 bits per heavy atom. The number of thioether (sulfide) groups is 1. The second kappa shape index (κ2) is 10.2. The summed E-state index contributed by atoms with van der Waals surface area (Å²) < 4.78 is 1.68. The first-order chi connectivity index (χ1) is 14.3. The summed E-state index contributed by atoms with van der Waals surface area (Å²) in [4.78, 5) is 24.4. The van der Waals surface area contributed by atoms with Crippen LogP contribution in [0.2, 0.25) is 15.1 Å². The van der Waals surface area contributed by atoms with Crippen molar-refractivity contribution in [3.63, 3.8) is 0 Å². The number of anilines is 2. The van der Waals surface area contributed by atoms with Gasteiger partial charge in [-0.25, -0.2) is 0 Å². The first kappa shape index (κ1) is 22.4. The number of amides is 2. The summed E-state index contributed by atoms with van der Waals surface area (Å²) in [5.41, 5.74) is 1.15. The number of halogens is 3. The molecular formula is C19H16Cl3N5O2S. The molecule has 0 radical (unpaired) electrons. The Balaban J connectivity index is 1.53.